The van der Waals surface area contributed by atoms with E-state index < -0.39 is 0 Å². The van der Waals surface area contributed by atoms with Crippen LogP contribution < -0.4 is 4.90 Å². The quantitative estimate of drug-likeness (QED) is 0.900. The molecule has 1 N–H and O–H groups in total. The van der Waals surface area contributed by atoms with Crippen molar-refractivity contribution in [2.75, 3.05) is 26.2 Å². The topological polar surface area (TPSA) is 37.9 Å². The number of amides is 1. The third-order valence-electron chi connectivity index (χ3n) is 4.03. The highest BCUT2D eigenvalue weighted by Crippen LogP contribution is 2.04. The summed E-state index contributed by atoms with van der Waals surface area (Å²) in [4.78, 5) is 15.8. The first-order valence-electron chi connectivity index (χ1n) is 7.49. The van der Waals surface area contributed by atoms with E-state index in [1.165, 1.54) is 4.90 Å². The second-order valence-corrected chi connectivity index (χ2v) is 5.55. The Morgan fingerprint density at radius 1 is 1.10 bits per heavy atom. The van der Waals surface area contributed by atoms with Gasteiger partial charge in [0.15, 0.2) is 5.76 Å². The number of carbonyl (C=O) groups is 1. The van der Waals surface area contributed by atoms with Gasteiger partial charge in [-0.3, -0.25) is 4.79 Å². The molecule has 4 nitrogen and oxygen atoms in total. The van der Waals surface area contributed by atoms with Crippen molar-refractivity contribution in [1.29, 1.82) is 0 Å². The number of quaternary nitrogens is 1. The van der Waals surface area contributed by atoms with Crippen molar-refractivity contribution in [1.82, 2.24) is 4.90 Å². The highest BCUT2D eigenvalue weighted by molar-refractivity contribution is 5.78. The Bertz CT molecular complexity index is 558. The van der Waals surface area contributed by atoms with Gasteiger partial charge in [0.05, 0.1) is 38.9 Å². The van der Waals surface area contributed by atoms with Crippen LogP contribution >= 0.6 is 0 Å². The number of carbonyl (C=O) groups excluding carboxylic acids is 1. The fourth-order valence-corrected chi connectivity index (χ4v) is 2.79. The first-order chi connectivity index (χ1) is 10.3. The molecule has 2 heterocycles. The van der Waals surface area contributed by atoms with Crippen LogP contribution in [0.4, 0.5) is 0 Å². The highest BCUT2D eigenvalue weighted by Gasteiger charge is 2.24. The molecule has 0 atom stereocenters. The van der Waals surface area contributed by atoms with Crippen LogP contribution in [0.25, 0.3) is 0 Å². The van der Waals surface area contributed by atoms with Crippen LogP contribution in [0.15, 0.2) is 53.1 Å². The van der Waals surface area contributed by atoms with E-state index in [2.05, 4.69) is 0 Å². The molecular formula is C17H21N2O2+. The Balaban J connectivity index is 1.48. The molecule has 2 aromatic rings. The van der Waals surface area contributed by atoms with Crippen molar-refractivity contribution >= 4 is 5.91 Å². The summed E-state index contributed by atoms with van der Waals surface area (Å²) in [5.74, 6) is 1.26. The molecular weight excluding hydrogens is 264 g/mol. The summed E-state index contributed by atoms with van der Waals surface area (Å²) in [6, 6.07) is 13.9. The third-order valence-corrected chi connectivity index (χ3v) is 4.03. The van der Waals surface area contributed by atoms with Gasteiger partial charge in [0, 0.05) is 0 Å². The maximum atomic E-state index is 12.3. The monoisotopic (exact) mass is 285 g/mol. The normalized spacial score (nSPS) is 16.1. The third kappa shape index (κ3) is 3.73. The maximum Gasteiger partial charge on any atom is 0.227 e. The van der Waals surface area contributed by atoms with Gasteiger partial charge >= 0.3 is 0 Å². The van der Waals surface area contributed by atoms with Crippen molar-refractivity contribution < 1.29 is 14.1 Å². The van der Waals surface area contributed by atoms with Crippen molar-refractivity contribution in [3.63, 3.8) is 0 Å². The zero-order chi connectivity index (χ0) is 14.5. The number of hydrogen-bond acceptors (Lipinski definition) is 2. The molecule has 0 spiro atoms. The Morgan fingerprint density at radius 2 is 1.86 bits per heavy atom. The van der Waals surface area contributed by atoms with Gasteiger partial charge in [-0.25, -0.2) is 0 Å². The Labute approximate surface area is 125 Å². The van der Waals surface area contributed by atoms with E-state index in [0.717, 1.165) is 44.0 Å². The van der Waals surface area contributed by atoms with Gasteiger partial charge < -0.3 is 14.2 Å². The molecule has 0 bridgehead atoms. The van der Waals surface area contributed by atoms with Crippen molar-refractivity contribution in [2.24, 2.45) is 0 Å². The largest absolute Gasteiger partial charge is 0.463 e. The van der Waals surface area contributed by atoms with Gasteiger partial charge in [-0.05, 0) is 17.7 Å². The van der Waals surface area contributed by atoms with Crippen LogP contribution in [0.2, 0.25) is 0 Å². The molecule has 4 heteroatoms. The highest BCUT2D eigenvalue weighted by atomic mass is 16.3. The average Bonchev–Trinajstić information content (AvgIpc) is 3.02. The van der Waals surface area contributed by atoms with Gasteiger partial charge in [-0.1, -0.05) is 30.3 Å². The van der Waals surface area contributed by atoms with Gasteiger partial charge in [0.1, 0.15) is 6.54 Å². The summed E-state index contributed by atoms with van der Waals surface area (Å²) < 4.78 is 5.39. The predicted octanol–water partition coefficient (Wildman–Crippen LogP) is 0.749. The summed E-state index contributed by atoms with van der Waals surface area (Å²) in [5.41, 5.74) is 1.09. The van der Waals surface area contributed by atoms with E-state index in [-0.39, 0.29) is 5.91 Å². The smallest absolute Gasteiger partial charge is 0.227 e. The number of rotatable bonds is 4. The molecule has 21 heavy (non-hydrogen) atoms. The molecule has 0 radical (unpaired) electrons. The minimum Gasteiger partial charge on any atom is -0.463 e. The number of hydrogen-bond donors (Lipinski definition) is 1. The number of nitrogens with one attached hydrogen (secondary N) is 1. The minimum absolute atomic E-state index is 0.234. The zero-order valence-electron chi connectivity index (χ0n) is 12.1. The van der Waals surface area contributed by atoms with E-state index in [1.54, 1.807) is 6.26 Å². The van der Waals surface area contributed by atoms with Crippen molar-refractivity contribution in [3.8, 4) is 0 Å². The van der Waals surface area contributed by atoms with Crippen molar-refractivity contribution in [3.05, 3.63) is 60.1 Å². The van der Waals surface area contributed by atoms with Crippen LogP contribution in [0.1, 0.15) is 11.3 Å². The lowest BCUT2D eigenvalue weighted by atomic mass is 10.1. The van der Waals surface area contributed by atoms with Gasteiger partial charge in [-0.15, -0.1) is 0 Å². The van der Waals surface area contributed by atoms with Gasteiger partial charge in [-0.2, -0.15) is 0 Å². The summed E-state index contributed by atoms with van der Waals surface area (Å²) in [5, 5.41) is 0. The lowest BCUT2D eigenvalue weighted by Gasteiger charge is -2.31. The molecule has 1 saturated heterocycles. The number of benzene rings is 1. The Kier molecular flexibility index (Phi) is 4.36. The molecule has 1 aromatic heterocycles. The summed E-state index contributed by atoms with van der Waals surface area (Å²) in [6.07, 6.45) is 2.22. The molecule has 1 amide bonds. The zero-order valence-corrected chi connectivity index (χ0v) is 12.1. The maximum absolute atomic E-state index is 12.3. The van der Waals surface area contributed by atoms with E-state index in [4.69, 9.17) is 4.42 Å². The molecule has 0 aliphatic carbocycles. The van der Waals surface area contributed by atoms with E-state index in [9.17, 15) is 4.79 Å². The standard InChI is InChI=1S/C17H20N2O2/c20-17(13-15-5-2-1-3-6-15)19-10-8-18(9-11-19)14-16-7-4-12-21-16/h1-7,12H,8-11,13-14H2/p+1. The predicted molar refractivity (Wildman–Crippen MR) is 79.8 cm³/mol. The lowest BCUT2D eigenvalue weighted by Crippen LogP contribution is -3.13. The molecule has 1 aliphatic heterocycles. The summed E-state index contributed by atoms with van der Waals surface area (Å²) in [7, 11) is 0. The van der Waals surface area contributed by atoms with Crippen LogP contribution in [0.5, 0.6) is 0 Å². The number of piperazine rings is 1. The van der Waals surface area contributed by atoms with Gasteiger partial charge in [0.2, 0.25) is 5.91 Å². The molecule has 3 rings (SSSR count). The van der Waals surface area contributed by atoms with Gasteiger partial charge in [0.25, 0.3) is 0 Å². The second-order valence-electron chi connectivity index (χ2n) is 5.55. The first kappa shape index (κ1) is 13.9. The summed E-state index contributed by atoms with van der Waals surface area (Å²) in [6.45, 7) is 4.56. The average molecular weight is 285 g/mol. The number of furan rings is 1. The van der Waals surface area contributed by atoms with Crippen LogP contribution in [-0.2, 0) is 17.8 Å². The molecule has 1 aromatic carbocycles. The fourth-order valence-electron chi connectivity index (χ4n) is 2.79. The van der Waals surface area contributed by atoms with Crippen LogP contribution in [0, 0.1) is 0 Å². The van der Waals surface area contributed by atoms with Crippen LogP contribution in [-0.4, -0.2) is 37.0 Å². The molecule has 1 aliphatic rings. The molecule has 0 saturated carbocycles. The lowest BCUT2D eigenvalue weighted by molar-refractivity contribution is -0.918. The fraction of sp³-hybridized carbons (Fsp3) is 0.353. The Morgan fingerprint density at radius 3 is 2.52 bits per heavy atom. The van der Waals surface area contributed by atoms with E-state index >= 15 is 0 Å². The summed E-state index contributed by atoms with van der Waals surface area (Å²) >= 11 is 0. The number of nitrogens with zero attached hydrogens (tertiary/aromatic N) is 1. The van der Waals surface area contributed by atoms with E-state index in [0.29, 0.717) is 6.42 Å². The first-order valence-corrected chi connectivity index (χ1v) is 7.49. The van der Waals surface area contributed by atoms with Crippen LogP contribution in [0.3, 0.4) is 0 Å². The molecule has 0 unspecified atom stereocenters. The van der Waals surface area contributed by atoms with E-state index in [1.807, 2.05) is 47.4 Å². The molecule has 1 fully saturated rings. The van der Waals surface area contributed by atoms with Crippen molar-refractivity contribution in [2.45, 2.75) is 13.0 Å². The second kappa shape index (κ2) is 6.59. The minimum atomic E-state index is 0.234. The SMILES string of the molecule is O=C(Cc1ccccc1)N1CC[NH+](Cc2ccco2)CC1. The molecule has 110 valence electrons. The Hall–Kier alpha value is -2.07.